The van der Waals surface area contributed by atoms with Crippen LogP contribution >= 0.6 is 0 Å². The molecular weight excluding hydrogens is 118 g/mol. The molecule has 0 saturated carbocycles. The maximum atomic E-state index is 4.97. The normalized spacial score (nSPS) is 25.6. The molecule has 52 valence electrons. The van der Waals surface area contributed by atoms with Crippen molar-refractivity contribution >= 4 is 5.71 Å². The van der Waals surface area contributed by atoms with E-state index in [1.807, 2.05) is 6.92 Å². The van der Waals surface area contributed by atoms with E-state index in [1.54, 1.807) is 7.11 Å². The van der Waals surface area contributed by atoms with Crippen LogP contribution < -0.4 is 0 Å². The van der Waals surface area contributed by atoms with E-state index in [0.29, 0.717) is 6.61 Å². The minimum absolute atomic E-state index is 0.162. The number of oxime groups is 1. The van der Waals surface area contributed by atoms with Crippen molar-refractivity contribution < 1.29 is 9.57 Å². The molecule has 1 atom stereocenters. The third-order valence-corrected chi connectivity index (χ3v) is 1.23. The molecule has 0 saturated heterocycles. The van der Waals surface area contributed by atoms with Gasteiger partial charge in [-0.15, -0.1) is 0 Å². The van der Waals surface area contributed by atoms with Crippen molar-refractivity contribution in [1.29, 1.82) is 0 Å². The van der Waals surface area contributed by atoms with Crippen molar-refractivity contribution in [2.45, 2.75) is 19.4 Å². The summed E-state index contributed by atoms with van der Waals surface area (Å²) in [4.78, 5) is 4.97. The fourth-order valence-electron chi connectivity index (χ4n) is 0.844. The topological polar surface area (TPSA) is 30.8 Å². The SMILES string of the molecule is COC[C@@H]1CC(C)=NO1. The molecule has 0 amide bonds. The van der Waals surface area contributed by atoms with Gasteiger partial charge < -0.3 is 9.57 Å². The lowest BCUT2D eigenvalue weighted by Crippen LogP contribution is -2.13. The highest BCUT2D eigenvalue weighted by molar-refractivity contribution is 5.82. The second-order valence-electron chi connectivity index (χ2n) is 2.21. The predicted octanol–water partition coefficient (Wildman–Crippen LogP) is 0.798. The van der Waals surface area contributed by atoms with E-state index < -0.39 is 0 Å². The molecule has 0 aromatic heterocycles. The number of methoxy groups -OCH3 is 1. The highest BCUT2D eigenvalue weighted by atomic mass is 16.7. The summed E-state index contributed by atoms with van der Waals surface area (Å²) in [6.45, 7) is 2.59. The van der Waals surface area contributed by atoms with Gasteiger partial charge in [0, 0.05) is 13.5 Å². The molecule has 0 spiro atoms. The van der Waals surface area contributed by atoms with E-state index in [2.05, 4.69) is 5.16 Å². The Balaban J connectivity index is 2.21. The highest BCUT2D eigenvalue weighted by Gasteiger charge is 2.16. The van der Waals surface area contributed by atoms with Crippen LogP contribution in [0.4, 0.5) is 0 Å². The average molecular weight is 129 g/mol. The van der Waals surface area contributed by atoms with Crippen molar-refractivity contribution in [2.24, 2.45) is 5.16 Å². The van der Waals surface area contributed by atoms with Crippen LogP contribution in [0.5, 0.6) is 0 Å². The molecule has 9 heavy (non-hydrogen) atoms. The van der Waals surface area contributed by atoms with Crippen LogP contribution in [0.1, 0.15) is 13.3 Å². The fraction of sp³-hybridized carbons (Fsp3) is 0.833. The van der Waals surface area contributed by atoms with Crippen LogP contribution in [-0.4, -0.2) is 25.5 Å². The van der Waals surface area contributed by atoms with Crippen LogP contribution in [0.15, 0.2) is 5.16 Å². The van der Waals surface area contributed by atoms with Crippen molar-refractivity contribution in [3.63, 3.8) is 0 Å². The molecule has 1 aliphatic rings. The Morgan fingerprint density at radius 2 is 2.67 bits per heavy atom. The van der Waals surface area contributed by atoms with Crippen LogP contribution in [0, 0.1) is 0 Å². The molecule has 0 aromatic carbocycles. The third kappa shape index (κ3) is 1.68. The molecule has 0 aromatic rings. The maximum absolute atomic E-state index is 4.97. The standard InChI is InChI=1S/C6H11NO2/c1-5-3-6(4-8-2)9-7-5/h6H,3-4H2,1-2H3/t6-/m0/s1. The third-order valence-electron chi connectivity index (χ3n) is 1.23. The molecule has 1 aliphatic heterocycles. The molecular formula is C6H11NO2. The molecule has 0 N–H and O–H groups in total. The lowest BCUT2D eigenvalue weighted by molar-refractivity contribution is 0.0208. The van der Waals surface area contributed by atoms with E-state index in [4.69, 9.17) is 9.57 Å². The van der Waals surface area contributed by atoms with Crippen LogP contribution in [-0.2, 0) is 9.57 Å². The smallest absolute Gasteiger partial charge is 0.156 e. The quantitative estimate of drug-likeness (QED) is 0.552. The van der Waals surface area contributed by atoms with Gasteiger partial charge in [-0.05, 0) is 6.92 Å². The Morgan fingerprint density at radius 3 is 3.11 bits per heavy atom. The minimum Gasteiger partial charge on any atom is -0.390 e. The van der Waals surface area contributed by atoms with Crippen molar-refractivity contribution in [1.82, 2.24) is 0 Å². The van der Waals surface area contributed by atoms with Crippen molar-refractivity contribution in [3.05, 3.63) is 0 Å². The van der Waals surface area contributed by atoms with Gasteiger partial charge in [-0.25, -0.2) is 0 Å². The van der Waals surface area contributed by atoms with Gasteiger partial charge >= 0.3 is 0 Å². The first-order chi connectivity index (χ1) is 4.33. The molecule has 3 nitrogen and oxygen atoms in total. The summed E-state index contributed by atoms with van der Waals surface area (Å²) < 4.78 is 4.88. The molecule has 3 heteroatoms. The number of rotatable bonds is 2. The van der Waals surface area contributed by atoms with Gasteiger partial charge in [-0.2, -0.15) is 0 Å². The van der Waals surface area contributed by atoms with E-state index in [9.17, 15) is 0 Å². The Hall–Kier alpha value is -0.570. The summed E-state index contributed by atoms with van der Waals surface area (Å²) in [7, 11) is 1.66. The summed E-state index contributed by atoms with van der Waals surface area (Å²) in [5, 5.41) is 3.77. The van der Waals surface area contributed by atoms with E-state index in [-0.39, 0.29) is 6.10 Å². The molecule has 0 aliphatic carbocycles. The summed E-state index contributed by atoms with van der Waals surface area (Å²) in [6.07, 6.45) is 1.07. The maximum Gasteiger partial charge on any atom is 0.156 e. The van der Waals surface area contributed by atoms with E-state index >= 15 is 0 Å². The van der Waals surface area contributed by atoms with Crippen molar-refractivity contribution in [2.75, 3.05) is 13.7 Å². The summed E-state index contributed by atoms with van der Waals surface area (Å²) in [5.41, 5.74) is 1.05. The Morgan fingerprint density at radius 1 is 1.89 bits per heavy atom. The van der Waals surface area contributed by atoms with Gasteiger partial charge in [0.25, 0.3) is 0 Å². The summed E-state index contributed by atoms with van der Waals surface area (Å²) >= 11 is 0. The molecule has 1 rings (SSSR count). The van der Waals surface area contributed by atoms with Gasteiger partial charge in [0.1, 0.15) is 0 Å². The zero-order valence-corrected chi connectivity index (χ0v) is 5.76. The first kappa shape index (κ1) is 6.55. The van der Waals surface area contributed by atoms with Crippen molar-refractivity contribution in [3.8, 4) is 0 Å². The van der Waals surface area contributed by atoms with Gasteiger partial charge in [0.05, 0.1) is 12.3 Å². The molecule has 1 heterocycles. The minimum atomic E-state index is 0.162. The Kier molecular flexibility index (Phi) is 2.05. The Labute approximate surface area is 54.6 Å². The molecule has 0 bridgehead atoms. The highest BCUT2D eigenvalue weighted by Crippen LogP contribution is 2.09. The molecule has 0 fully saturated rings. The largest absolute Gasteiger partial charge is 0.390 e. The summed E-state index contributed by atoms with van der Waals surface area (Å²) in [5.74, 6) is 0. The predicted molar refractivity (Wildman–Crippen MR) is 34.5 cm³/mol. The molecule has 0 unspecified atom stereocenters. The van der Waals surface area contributed by atoms with Gasteiger partial charge in [-0.3, -0.25) is 0 Å². The first-order valence-corrected chi connectivity index (χ1v) is 3.01. The zero-order chi connectivity index (χ0) is 6.69. The zero-order valence-electron chi connectivity index (χ0n) is 5.76. The van der Waals surface area contributed by atoms with Crippen LogP contribution in [0.3, 0.4) is 0 Å². The lowest BCUT2D eigenvalue weighted by atomic mass is 10.2. The van der Waals surface area contributed by atoms with Gasteiger partial charge in [-0.1, -0.05) is 5.16 Å². The number of hydrogen-bond acceptors (Lipinski definition) is 3. The summed E-state index contributed by atoms with van der Waals surface area (Å²) in [6, 6.07) is 0. The lowest BCUT2D eigenvalue weighted by Gasteiger charge is -2.03. The van der Waals surface area contributed by atoms with E-state index in [1.165, 1.54) is 0 Å². The molecule has 0 radical (unpaired) electrons. The number of ether oxygens (including phenoxy) is 1. The van der Waals surface area contributed by atoms with Crippen LogP contribution in [0.2, 0.25) is 0 Å². The van der Waals surface area contributed by atoms with Gasteiger partial charge in [0.2, 0.25) is 0 Å². The Bertz CT molecular complexity index is 122. The monoisotopic (exact) mass is 129 g/mol. The van der Waals surface area contributed by atoms with E-state index in [0.717, 1.165) is 12.1 Å². The van der Waals surface area contributed by atoms with Gasteiger partial charge in [0.15, 0.2) is 6.10 Å². The second-order valence-corrected chi connectivity index (χ2v) is 2.21. The number of nitrogens with zero attached hydrogens (tertiary/aromatic N) is 1. The fourth-order valence-corrected chi connectivity index (χ4v) is 0.844. The number of hydrogen-bond donors (Lipinski definition) is 0. The average Bonchev–Trinajstić information content (AvgIpc) is 2.17. The first-order valence-electron chi connectivity index (χ1n) is 3.01. The van der Waals surface area contributed by atoms with Crippen LogP contribution in [0.25, 0.3) is 0 Å². The second kappa shape index (κ2) is 2.82.